The van der Waals surface area contributed by atoms with Gasteiger partial charge in [0.05, 0.1) is 23.8 Å². The number of hydrogen-bond donors (Lipinski definition) is 1. The van der Waals surface area contributed by atoms with Crippen molar-refractivity contribution in [3.05, 3.63) is 60.5 Å². The fourth-order valence-electron chi connectivity index (χ4n) is 4.39. The lowest BCUT2D eigenvalue weighted by Crippen LogP contribution is -2.28. The molecule has 1 aromatic carbocycles. The normalized spacial score (nSPS) is 13.1. The number of thioether (sulfide) groups is 1. The Hall–Kier alpha value is -3.44. The van der Waals surface area contributed by atoms with Gasteiger partial charge in [-0.2, -0.15) is 9.78 Å². The molecule has 0 bridgehead atoms. The number of aromatic nitrogens is 2. The Morgan fingerprint density at radius 2 is 2.03 bits per heavy atom. The van der Waals surface area contributed by atoms with Crippen LogP contribution in [0, 0.1) is 6.92 Å². The molecule has 0 atom stereocenters. The van der Waals surface area contributed by atoms with Crippen LogP contribution in [-0.4, -0.2) is 39.3 Å². The van der Waals surface area contributed by atoms with Gasteiger partial charge in [-0.1, -0.05) is 37.9 Å². The van der Waals surface area contributed by atoms with E-state index in [9.17, 15) is 19.5 Å². The fraction of sp³-hybridized carbons (Fsp3) is 0.346. The third-order valence-corrected chi connectivity index (χ3v) is 8.49. The maximum atomic E-state index is 13.3. The molecule has 0 fully saturated rings. The summed E-state index contributed by atoms with van der Waals surface area (Å²) >= 11 is 2.39. The summed E-state index contributed by atoms with van der Waals surface area (Å²) in [5.74, 6) is -0.104. The summed E-state index contributed by atoms with van der Waals surface area (Å²) in [6.45, 7) is 3.82. The highest BCUT2D eigenvalue weighted by atomic mass is 32.2. The molecule has 4 heterocycles. The van der Waals surface area contributed by atoms with Crippen LogP contribution < -0.4 is 11.2 Å². The van der Waals surface area contributed by atoms with Gasteiger partial charge in [0.2, 0.25) is 0 Å². The Kier molecular flexibility index (Phi) is 6.91. The molecule has 0 amide bonds. The highest BCUT2D eigenvalue weighted by Gasteiger charge is 2.25. The van der Waals surface area contributed by atoms with Crippen molar-refractivity contribution in [1.82, 2.24) is 9.66 Å². The summed E-state index contributed by atoms with van der Waals surface area (Å²) in [7, 11) is 1.29. The van der Waals surface area contributed by atoms with E-state index in [0.717, 1.165) is 49.0 Å². The van der Waals surface area contributed by atoms with Crippen molar-refractivity contribution in [1.29, 1.82) is 0 Å². The number of rotatable bonds is 7. The molecule has 1 aliphatic heterocycles. The highest BCUT2D eigenvalue weighted by Crippen LogP contribution is 2.32. The Labute approximate surface area is 219 Å². The smallest absolute Gasteiger partial charge is 0.348 e. The van der Waals surface area contributed by atoms with Gasteiger partial charge in [-0.3, -0.25) is 4.79 Å². The van der Waals surface area contributed by atoms with Gasteiger partial charge in [0, 0.05) is 17.2 Å². The van der Waals surface area contributed by atoms with Crippen LogP contribution >= 0.6 is 23.1 Å². The molecule has 37 heavy (non-hydrogen) atoms. The molecule has 0 aliphatic carbocycles. The Morgan fingerprint density at radius 1 is 1.22 bits per heavy atom. The SMILES string of the molecule is CCCCCCc1cc2cc(C3=Nn4c(nc5sc(C(=O)OC)c(C)c5c4=O)SC3)c(=O)oc2cc1O. The number of aryl methyl sites for hydroxylation is 2. The fourth-order valence-corrected chi connectivity index (χ4v) is 6.41. The van der Waals surface area contributed by atoms with Crippen LogP contribution in [0.3, 0.4) is 0 Å². The van der Waals surface area contributed by atoms with E-state index in [-0.39, 0.29) is 16.9 Å². The number of phenolic OH excluding ortho intramolecular Hbond substituents is 1. The van der Waals surface area contributed by atoms with E-state index in [1.54, 1.807) is 13.0 Å². The van der Waals surface area contributed by atoms with Gasteiger partial charge in [-0.05, 0) is 43.0 Å². The van der Waals surface area contributed by atoms with Gasteiger partial charge in [0.15, 0.2) is 5.16 Å². The summed E-state index contributed by atoms with van der Waals surface area (Å²) in [5, 5.41) is 16.2. The highest BCUT2D eigenvalue weighted by molar-refractivity contribution is 7.99. The second-order valence-corrected chi connectivity index (χ2v) is 10.8. The minimum absolute atomic E-state index is 0.110. The van der Waals surface area contributed by atoms with Gasteiger partial charge in [0.1, 0.15) is 21.0 Å². The van der Waals surface area contributed by atoms with E-state index in [4.69, 9.17) is 9.15 Å². The van der Waals surface area contributed by atoms with Crippen LogP contribution in [0.4, 0.5) is 0 Å². The van der Waals surface area contributed by atoms with Crippen molar-refractivity contribution in [3.63, 3.8) is 0 Å². The van der Waals surface area contributed by atoms with Gasteiger partial charge in [-0.15, -0.1) is 11.3 Å². The number of carbonyl (C=O) groups is 1. The summed E-state index contributed by atoms with van der Waals surface area (Å²) in [5.41, 5.74) is 1.19. The first-order valence-electron chi connectivity index (χ1n) is 12.0. The minimum atomic E-state index is -0.604. The van der Waals surface area contributed by atoms with Gasteiger partial charge < -0.3 is 14.3 Å². The molecule has 0 radical (unpaired) electrons. The largest absolute Gasteiger partial charge is 0.508 e. The number of carbonyl (C=O) groups excluding carboxylic acids is 1. The summed E-state index contributed by atoms with van der Waals surface area (Å²) in [6.07, 6.45) is 5.04. The number of unbranched alkanes of at least 4 members (excludes halogenated alkanes) is 3. The van der Waals surface area contributed by atoms with Crippen LogP contribution in [0.5, 0.6) is 5.75 Å². The number of ether oxygens (including phenoxy) is 1. The van der Waals surface area contributed by atoms with Crippen LogP contribution in [0.25, 0.3) is 21.2 Å². The average molecular weight is 540 g/mol. The van der Waals surface area contributed by atoms with Crippen molar-refractivity contribution in [2.45, 2.75) is 51.1 Å². The molecule has 5 rings (SSSR count). The first-order chi connectivity index (χ1) is 17.8. The molecule has 0 saturated heterocycles. The minimum Gasteiger partial charge on any atom is -0.508 e. The number of fused-ring (bicyclic) bond motifs is 3. The number of nitrogens with zero attached hydrogens (tertiary/aromatic N) is 3. The Bertz CT molecular complexity index is 1700. The zero-order valence-corrected chi connectivity index (χ0v) is 22.3. The zero-order chi connectivity index (χ0) is 26.3. The van der Waals surface area contributed by atoms with Crippen molar-refractivity contribution in [2.24, 2.45) is 5.10 Å². The molecule has 1 aliphatic rings. The quantitative estimate of drug-likeness (QED) is 0.153. The van der Waals surface area contributed by atoms with E-state index in [2.05, 4.69) is 17.0 Å². The number of esters is 1. The monoisotopic (exact) mass is 539 g/mol. The maximum absolute atomic E-state index is 13.3. The maximum Gasteiger partial charge on any atom is 0.348 e. The number of aromatic hydroxyl groups is 1. The van der Waals surface area contributed by atoms with Crippen LogP contribution in [0.15, 0.2) is 42.5 Å². The topological polar surface area (TPSA) is 124 Å². The van der Waals surface area contributed by atoms with E-state index in [1.807, 2.05) is 6.07 Å². The number of hydrogen-bond acceptors (Lipinski definition) is 10. The van der Waals surface area contributed by atoms with E-state index >= 15 is 0 Å². The van der Waals surface area contributed by atoms with E-state index < -0.39 is 17.2 Å². The predicted molar refractivity (Wildman–Crippen MR) is 145 cm³/mol. The van der Waals surface area contributed by atoms with Crippen molar-refractivity contribution < 1.29 is 19.1 Å². The molecule has 4 aromatic rings. The van der Waals surface area contributed by atoms with Gasteiger partial charge >= 0.3 is 11.6 Å². The predicted octanol–water partition coefficient (Wildman–Crippen LogP) is 4.85. The zero-order valence-electron chi connectivity index (χ0n) is 20.6. The molecular formula is C26H25N3O6S2. The molecule has 3 aromatic heterocycles. The van der Waals surface area contributed by atoms with Crippen molar-refractivity contribution >= 4 is 56.0 Å². The molecule has 0 unspecified atom stereocenters. The number of phenols is 1. The van der Waals surface area contributed by atoms with Crippen LogP contribution in [0.2, 0.25) is 0 Å². The molecule has 0 saturated carbocycles. The van der Waals surface area contributed by atoms with Gasteiger partial charge in [0.25, 0.3) is 5.56 Å². The summed E-state index contributed by atoms with van der Waals surface area (Å²) in [6, 6.07) is 5.02. The van der Waals surface area contributed by atoms with Crippen LogP contribution in [0.1, 0.15) is 59.0 Å². The lowest BCUT2D eigenvalue weighted by Gasteiger charge is -2.15. The average Bonchev–Trinajstić information content (AvgIpc) is 3.22. The summed E-state index contributed by atoms with van der Waals surface area (Å²) in [4.78, 5) is 43.6. The third kappa shape index (κ3) is 4.57. The van der Waals surface area contributed by atoms with Crippen LogP contribution in [-0.2, 0) is 11.2 Å². The lowest BCUT2D eigenvalue weighted by molar-refractivity contribution is 0.0605. The molecular weight excluding hydrogens is 514 g/mol. The van der Waals surface area contributed by atoms with E-state index in [1.165, 1.54) is 29.6 Å². The Balaban J connectivity index is 1.57. The number of thiophene rings is 1. The standard InChI is InChI=1S/C26H25N3O6S2/c1-4-5-6-7-8-14-9-15-10-16(24(32)35-19(15)11-18(14)30)17-12-36-26-27-22-20(23(31)29(26)28-17)13(2)21(37-22)25(33)34-3/h9-11,30H,4-8,12H2,1-3H3. The van der Waals surface area contributed by atoms with Gasteiger partial charge in [-0.25, -0.2) is 14.6 Å². The first kappa shape index (κ1) is 25.2. The third-order valence-electron chi connectivity index (χ3n) is 6.39. The number of benzene rings is 1. The lowest BCUT2D eigenvalue weighted by atomic mass is 10.0. The second kappa shape index (κ2) is 10.1. The molecule has 11 heteroatoms. The number of methoxy groups -OCH3 is 1. The van der Waals surface area contributed by atoms with Crippen molar-refractivity contribution in [3.8, 4) is 5.75 Å². The molecule has 9 nitrogen and oxygen atoms in total. The second-order valence-electron chi connectivity index (χ2n) is 8.85. The first-order valence-corrected chi connectivity index (χ1v) is 13.8. The molecule has 192 valence electrons. The summed E-state index contributed by atoms with van der Waals surface area (Å²) < 4.78 is 11.5. The molecule has 1 N–H and O–H groups in total. The molecule has 0 spiro atoms. The Morgan fingerprint density at radius 3 is 2.78 bits per heavy atom. The van der Waals surface area contributed by atoms with Crippen molar-refractivity contribution in [2.75, 3.05) is 12.9 Å². The van der Waals surface area contributed by atoms with E-state index in [0.29, 0.717) is 42.7 Å².